The zero-order valence-corrected chi connectivity index (χ0v) is 7.85. The zero-order chi connectivity index (χ0) is 10.3. The molecule has 0 saturated heterocycles. The molecule has 1 aromatic rings. The van der Waals surface area contributed by atoms with Gasteiger partial charge in [-0.25, -0.2) is 8.78 Å². The summed E-state index contributed by atoms with van der Waals surface area (Å²) in [5, 5.41) is 7.00. The molecule has 0 fully saturated rings. The highest BCUT2D eigenvalue weighted by Crippen LogP contribution is 2.10. The number of hydrogen-bond acceptors (Lipinski definition) is 1. The largest absolute Gasteiger partial charge is 0.400 e. The minimum absolute atomic E-state index is 0.438. The summed E-state index contributed by atoms with van der Waals surface area (Å²) >= 11 is 0. The van der Waals surface area contributed by atoms with Crippen LogP contribution in [0.4, 0.5) is 8.78 Å². The van der Waals surface area contributed by atoms with Gasteiger partial charge in [0.2, 0.25) is 0 Å². The summed E-state index contributed by atoms with van der Waals surface area (Å²) < 4.78 is 25.1. The van der Waals surface area contributed by atoms with Crippen LogP contribution >= 0.6 is 0 Å². The van der Waals surface area contributed by atoms with E-state index in [1.54, 1.807) is 0 Å². The Hall–Kier alpha value is -0.960. The first-order valence-corrected chi connectivity index (χ1v) is 4.12. The molecule has 0 unspecified atom stereocenters. The van der Waals surface area contributed by atoms with Crippen LogP contribution in [0.25, 0.3) is 0 Å². The Morgan fingerprint density at radius 2 is 1.85 bits per heavy atom. The Labute approximate surface area is 77.0 Å². The summed E-state index contributed by atoms with van der Waals surface area (Å²) in [7, 11) is 1.00. The summed E-state index contributed by atoms with van der Waals surface area (Å²) in [6.45, 7) is 1.96. The zero-order valence-electron chi connectivity index (χ0n) is 7.85. The van der Waals surface area contributed by atoms with E-state index in [-0.39, 0.29) is 0 Å². The van der Waals surface area contributed by atoms with E-state index in [4.69, 9.17) is 5.11 Å². The first kappa shape index (κ1) is 12.0. The van der Waals surface area contributed by atoms with Crippen LogP contribution in [0.2, 0.25) is 0 Å². The molecule has 13 heavy (non-hydrogen) atoms. The molecule has 3 heteroatoms. The summed E-state index contributed by atoms with van der Waals surface area (Å²) in [5.74, 6) is -0.950. The number of hydrogen-bond donors (Lipinski definition) is 1. The Bertz CT molecular complexity index is 249. The van der Waals surface area contributed by atoms with Gasteiger partial charge in [0.25, 0.3) is 0 Å². The summed E-state index contributed by atoms with van der Waals surface area (Å²) in [6, 6.07) is 3.70. The summed E-state index contributed by atoms with van der Waals surface area (Å²) in [6.07, 6.45) is 1.55. The molecule has 0 aliphatic heterocycles. The maximum atomic E-state index is 12.8. The Morgan fingerprint density at radius 1 is 1.23 bits per heavy atom. The van der Waals surface area contributed by atoms with E-state index >= 15 is 0 Å². The second-order valence-electron chi connectivity index (χ2n) is 2.49. The molecule has 1 rings (SSSR count). The molecule has 0 spiro atoms. The van der Waals surface area contributed by atoms with Gasteiger partial charge < -0.3 is 5.11 Å². The van der Waals surface area contributed by atoms with Crippen molar-refractivity contribution < 1.29 is 13.9 Å². The van der Waals surface area contributed by atoms with E-state index in [1.165, 1.54) is 12.1 Å². The Kier molecular flexibility index (Phi) is 6.06. The van der Waals surface area contributed by atoms with Crippen LogP contribution in [-0.4, -0.2) is 12.2 Å². The van der Waals surface area contributed by atoms with Crippen molar-refractivity contribution >= 4 is 0 Å². The van der Waals surface area contributed by atoms with Crippen LogP contribution in [0.15, 0.2) is 18.2 Å². The van der Waals surface area contributed by atoms with Crippen molar-refractivity contribution in [1.82, 2.24) is 0 Å². The lowest BCUT2D eigenvalue weighted by Gasteiger charge is -1.99. The maximum absolute atomic E-state index is 12.8. The molecule has 1 N–H and O–H groups in total. The second kappa shape index (κ2) is 6.54. The lowest BCUT2D eigenvalue weighted by molar-refractivity contribution is 0.399. The molecule has 0 radical (unpaired) electrons. The molecule has 0 saturated carbocycles. The van der Waals surface area contributed by atoms with Crippen LogP contribution < -0.4 is 0 Å². The lowest BCUT2D eigenvalue weighted by Crippen LogP contribution is -1.89. The van der Waals surface area contributed by atoms with Crippen molar-refractivity contribution in [1.29, 1.82) is 0 Å². The highest BCUT2D eigenvalue weighted by Gasteiger charge is 2.00. The van der Waals surface area contributed by atoms with Crippen molar-refractivity contribution in [3.8, 4) is 0 Å². The van der Waals surface area contributed by atoms with Crippen LogP contribution in [0.3, 0.4) is 0 Å². The first-order chi connectivity index (χ1) is 6.24. The van der Waals surface area contributed by atoms with Gasteiger partial charge in [0.05, 0.1) is 0 Å². The van der Waals surface area contributed by atoms with Gasteiger partial charge in [-0.05, 0) is 18.1 Å². The maximum Gasteiger partial charge on any atom is 0.129 e. The molecule has 0 amide bonds. The smallest absolute Gasteiger partial charge is 0.129 e. The van der Waals surface area contributed by atoms with Crippen LogP contribution in [-0.2, 0) is 6.42 Å². The Morgan fingerprint density at radius 3 is 2.31 bits per heavy atom. The fourth-order valence-corrected chi connectivity index (χ4v) is 0.994. The Balaban J connectivity index is 0.000000671. The van der Waals surface area contributed by atoms with Gasteiger partial charge in [-0.3, -0.25) is 0 Å². The van der Waals surface area contributed by atoms with Crippen molar-refractivity contribution in [3.05, 3.63) is 35.4 Å². The van der Waals surface area contributed by atoms with Crippen molar-refractivity contribution in [2.45, 2.75) is 19.8 Å². The molecule has 0 heterocycles. The predicted octanol–water partition coefficient (Wildman–Crippen LogP) is 2.53. The topological polar surface area (TPSA) is 20.2 Å². The van der Waals surface area contributed by atoms with Crippen molar-refractivity contribution in [2.75, 3.05) is 7.11 Å². The van der Waals surface area contributed by atoms with E-state index in [1.807, 2.05) is 6.92 Å². The average molecular weight is 188 g/mol. The van der Waals surface area contributed by atoms with Gasteiger partial charge in [-0.2, -0.15) is 0 Å². The molecular weight excluding hydrogens is 174 g/mol. The lowest BCUT2D eigenvalue weighted by atomic mass is 10.1. The fraction of sp³-hybridized carbons (Fsp3) is 0.400. The molecule has 0 atom stereocenters. The van der Waals surface area contributed by atoms with Gasteiger partial charge in [-0.1, -0.05) is 19.4 Å². The SMILES string of the molecule is CCCc1ccc(F)cc1F.CO. The van der Waals surface area contributed by atoms with Gasteiger partial charge in [0, 0.05) is 13.2 Å². The van der Waals surface area contributed by atoms with Gasteiger partial charge >= 0.3 is 0 Å². The molecule has 74 valence electrons. The second-order valence-corrected chi connectivity index (χ2v) is 2.49. The minimum Gasteiger partial charge on any atom is -0.400 e. The van der Waals surface area contributed by atoms with E-state index in [0.717, 1.165) is 19.6 Å². The number of halogens is 2. The monoisotopic (exact) mass is 188 g/mol. The van der Waals surface area contributed by atoms with Gasteiger partial charge in [0.1, 0.15) is 11.6 Å². The molecule has 0 aromatic heterocycles. The third-order valence-corrected chi connectivity index (χ3v) is 1.53. The number of aryl methyl sites for hydroxylation is 1. The highest BCUT2D eigenvalue weighted by molar-refractivity contribution is 5.18. The van der Waals surface area contributed by atoms with E-state index in [9.17, 15) is 8.78 Å². The van der Waals surface area contributed by atoms with E-state index in [0.29, 0.717) is 12.0 Å². The fourth-order valence-electron chi connectivity index (χ4n) is 0.994. The number of aliphatic hydroxyl groups is 1. The van der Waals surface area contributed by atoms with Crippen LogP contribution in [0, 0.1) is 11.6 Å². The third-order valence-electron chi connectivity index (χ3n) is 1.53. The quantitative estimate of drug-likeness (QED) is 0.756. The summed E-state index contributed by atoms with van der Waals surface area (Å²) in [5.41, 5.74) is 0.592. The van der Waals surface area contributed by atoms with Crippen molar-refractivity contribution in [2.24, 2.45) is 0 Å². The van der Waals surface area contributed by atoms with Crippen LogP contribution in [0.1, 0.15) is 18.9 Å². The standard InChI is InChI=1S/C9H10F2.CH4O/c1-2-3-7-4-5-8(10)6-9(7)11;1-2/h4-6H,2-3H2,1H3;2H,1H3. The molecule has 1 nitrogen and oxygen atoms in total. The molecule has 1 aromatic carbocycles. The summed E-state index contributed by atoms with van der Waals surface area (Å²) in [4.78, 5) is 0. The first-order valence-electron chi connectivity index (χ1n) is 4.12. The van der Waals surface area contributed by atoms with Crippen molar-refractivity contribution in [3.63, 3.8) is 0 Å². The van der Waals surface area contributed by atoms with Crippen LogP contribution in [0.5, 0.6) is 0 Å². The van der Waals surface area contributed by atoms with E-state index < -0.39 is 11.6 Å². The highest BCUT2D eigenvalue weighted by atomic mass is 19.1. The van der Waals surface area contributed by atoms with Gasteiger partial charge in [-0.15, -0.1) is 0 Å². The number of benzene rings is 1. The van der Waals surface area contributed by atoms with E-state index in [2.05, 4.69) is 0 Å². The molecule has 0 aliphatic rings. The number of rotatable bonds is 2. The van der Waals surface area contributed by atoms with Gasteiger partial charge in [0.15, 0.2) is 0 Å². The average Bonchev–Trinajstić information content (AvgIpc) is 2.14. The molecule has 0 bridgehead atoms. The normalized spacial score (nSPS) is 9.00. The predicted molar refractivity (Wildman–Crippen MR) is 48.5 cm³/mol. The molecule has 0 aliphatic carbocycles. The molecular formula is C10H14F2O. The third kappa shape index (κ3) is 3.99. The number of aliphatic hydroxyl groups excluding tert-OH is 1. The minimum atomic E-state index is -0.512.